The Balaban J connectivity index is -0.00000000333. The van der Waals surface area contributed by atoms with E-state index in [-0.39, 0.29) is 86.9 Å². The van der Waals surface area contributed by atoms with Crippen LogP contribution < -0.4 is 51.4 Å². The molecule has 0 aliphatic heterocycles. The minimum absolute atomic E-state index is 0. The molecule has 2 nitrogen and oxygen atoms in total. The van der Waals surface area contributed by atoms with E-state index < -0.39 is 0 Å². The molecule has 0 amide bonds. The third kappa shape index (κ3) is 38.1. The maximum atomic E-state index is 6.88. The fourth-order valence-corrected chi connectivity index (χ4v) is 0. The molecule has 1 radical (unpaired) electrons. The first-order valence-electron chi connectivity index (χ1n) is 0.447. The molecule has 0 aliphatic carbocycles. The second-order valence-corrected chi connectivity index (χ2v) is 0.100. The molecule has 6 heavy (non-hydrogen) atoms. The van der Waals surface area contributed by atoms with Crippen LogP contribution >= 0.6 is 0 Å². The van der Waals surface area contributed by atoms with Gasteiger partial charge in [0.2, 0.25) is 0 Å². The van der Waals surface area contributed by atoms with Gasteiger partial charge in [0.15, 0.2) is 0 Å². The van der Waals surface area contributed by atoms with Gasteiger partial charge in [-0.15, -0.1) is 0 Å². The summed E-state index contributed by atoms with van der Waals surface area (Å²) in [6.45, 7) is 0. The third-order valence-electron chi connectivity index (χ3n) is 0. The molecule has 0 heterocycles. The van der Waals surface area contributed by atoms with Crippen LogP contribution in [0.15, 0.2) is 0 Å². The van der Waals surface area contributed by atoms with Crippen molar-refractivity contribution in [2.45, 2.75) is 0 Å². The van der Waals surface area contributed by atoms with Crippen LogP contribution in [-0.2, 0) is 34.1 Å². The van der Waals surface area contributed by atoms with Gasteiger partial charge in [0.1, 0.15) is 0 Å². The minimum Gasteiger partial charge on any atom is -1.00 e. The predicted molar refractivity (Wildman–Crippen MR) is 8.66 cm³/mol. The van der Waals surface area contributed by atoms with E-state index in [0.29, 0.717) is 0 Å². The molecule has 0 spiro atoms. The first kappa shape index (κ1) is 24.6. The van der Waals surface area contributed by atoms with Crippen molar-refractivity contribution in [3.8, 4) is 6.26 Å². The second-order valence-electron chi connectivity index (χ2n) is 0.100. The quantitative estimate of drug-likeness (QED) is 0.335. The Bertz CT molecular complexity index is 41.2. The fourth-order valence-electron chi connectivity index (χ4n) is 0. The van der Waals surface area contributed by atoms with E-state index >= 15 is 0 Å². The topological polar surface area (TPSA) is 44.0 Å². The number of hydrogen-bond donors (Lipinski definition) is 1. The van der Waals surface area contributed by atoms with Gasteiger partial charge in [-0.2, -0.15) is 5.26 Å². The predicted octanol–water partition coefficient (Wildman–Crippen LogP) is -3.05. The monoisotopic (exact) mass is 202 g/mol. The molecule has 0 aromatic carbocycles. The average Bonchev–Trinajstić information content (AvgIpc) is 0.918. The van der Waals surface area contributed by atoms with Crippen LogP contribution in [0.5, 0.6) is 0 Å². The number of aliphatic hydroxyl groups is 1. The van der Waals surface area contributed by atoms with Crippen molar-refractivity contribution in [3.63, 3.8) is 0 Å². The van der Waals surface area contributed by atoms with Gasteiger partial charge in [0, 0.05) is 34.1 Å². The van der Waals surface area contributed by atoms with E-state index in [0.717, 1.165) is 6.26 Å². The van der Waals surface area contributed by atoms with Gasteiger partial charge in [-0.05, 0) is 0 Å². The normalized spacial score (nSPS) is 1.17. The van der Waals surface area contributed by atoms with E-state index in [4.69, 9.17) is 10.4 Å². The van der Waals surface area contributed by atoms with Gasteiger partial charge in [-0.3, -0.25) is 0 Å². The summed E-state index contributed by atoms with van der Waals surface area (Å²) in [6.07, 6.45) is 0.750. The van der Waals surface area contributed by atoms with E-state index in [2.05, 4.69) is 0 Å². The Kier molecular flexibility index (Phi) is 115. The second kappa shape index (κ2) is 28.2. The summed E-state index contributed by atoms with van der Waals surface area (Å²) < 4.78 is 0. The Hall–Kier alpha value is 1.97. The first-order valence-corrected chi connectivity index (χ1v) is 0.447. The van der Waals surface area contributed by atoms with Crippen molar-refractivity contribution in [2.24, 2.45) is 0 Å². The summed E-state index contributed by atoms with van der Waals surface area (Å²) in [5, 5.41) is 13.8. The molecule has 0 rings (SSSR count). The molecule has 37 valence electrons. The molecule has 0 aromatic rings. The zero-order chi connectivity index (χ0) is 2.71. The van der Waals surface area contributed by atoms with Crippen molar-refractivity contribution in [2.75, 3.05) is 0 Å². The Morgan fingerprint density at radius 1 is 1.67 bits per heavy atom. The van der Waals surface area contributed by atoms with E-state index in [1.807, 2.05) is 0 Å². The smallest absolute Gasteiger partial charge is 1.00 e. The Morgan fingerprint density at radius 2 is 1.67 bits per heavy atom. The Morgan fingerprint density at radius 3 is 1.67 bits per heavy atom. The summed E-state index contributed by atoms with van der Waals surface area (Å²) >= 11 is 0. The molecule has 0 aliphatic rings. The number of nitriles is 1. The van der Waals surface area contributed by atoms with E-state index in [1.165, 1.54) is 0 Å². The summed E-state index contributed by atoms with van der Waals surface area (Å²) in [5.74, 6) is 0. The van der Waals surface area contributed by atoms with Gasteiger partial charge in [0.05, 0.1) is 0 Å². The molecular formula is CH2CuFeKNO. The van der Waals surface area contributed by atoms with Gasteiger partial charge in [0.25, 0.3) is 6.26 Å². The molecule has 0 aromatic heterocycles. The maximum absolute atomic E-state index is 6.88. The number of nitrogens with zero attached hydrogens (tertiary/aromatic N) is 1. The van der Waals surface area contributed by atoms with Crippen LogP contribution in [0.4, 0.5) is 0 Å². The molecule has 1 N–H and O–H groups in total. The van der Waals surface area contributed by atoms with Crippen molar-refractivity contribution >= 4 is 0 Å². The largest absolute Gasteiger partial charge is 1.00 e. The molecule has 5 heteroatoms. The van der Waals surface area contributed by atoms with Crippen molar-refractivity contribution in [3.05, 3.63) is 0 Å². The number of rotatable bonds is 0. The van der Waals surface area contributed by atoms with Crippen LogP contribution in [0.3, 0.4) is 0 Å². The van der Waals surface area contributed by atoms with Gasteiger partial charge >= 0.3 is 51.4 Å². The van der Waals surface area contributed by atoms with Gasteiger partial charge in [-0.25, -0.2) is 0 Å². The van der Waals surface area contributed by atoms with Crippen molar-refractivity contribution in [1.29, 1.82) is 5.26 Å². The summed E-state index contributed by atoms with van der Waals surface area (Å²) in [7, 11) is 0. The molecule has 0 fully saturated rings. The summed E-state index contributed by atoms with van der Waals surface area (Å²) in [4.78, 5) is 0. The van der Waals surface area contributed by atoms with Crippen LogP contribution in [-0.4, -0.2) is 5.11 Å². The molecule has 0 atom stereocenters. The SMILES string of the molecule is N#CO.[Cu].[Fe].[H-].[K+]. The van der Waals surface area contributed by atoms with Crippen molar-refractivity contribution < 1.29 is 92.1 Å². The third-order valence-corrected chi connectivity index (χ3v) is 0. The maximum Gasteiger partial charge on any atom is 1.00 e. The van der Waals surface area contributed by atoms with Gasteiger partial charge in [-0.1, -0.05) is 0 Å². The fraction of sp³-hybridized carbons (Fsp3) is 0. The molecule has 0 bridgehead atoms. The van der Waals surface area contributed by atoms with Crippen LogP contribution in [0.25, 0.3) is 0 Å². The summed E-state index contributed by atoms with van der Waals surface area (Å²) in [5.41, 5.74) is 0. The zero-order valence-corrected chi connectivity index (χ0v) is 8.22. The van der Waals surface area contributed by atoms with Crippen LogP contribution in [0, 0.1) is 11.5 Å². The molecular weight excluding hydrogens is 201 g/mol. The minimum atomic E-state index is 0. The number of aliphatic hydroxyl groups excluding tert-OH is 1. The number of hydrogen-bond acceptors (Lipinski definition) is 2. The van der Waals surface area contributed by atoms with E-state index in [9.17, 15) is 0 Å². The summed E-state index contributed by atoms with van der Waals surface area (Å²) in [6, 6.07) is 0. The first-order chi connectivity index (χ1) is 1.41. The van der Waals surface area contributed by atoms with Crippen molar-refractivity contribution in [1.82, 2.24) is 0 Å². The molecule has 0 unspecified atom stereocenters. The van der Waals surface area contributed by atoms with E-state index in [1.54, 1.807) is 0 Å². The standard InChI is InChI=1S/CHNO.Cu.Fe.K.H/c2-1-3;;;;/h3H;;;;/q;;;+1;-1. The van der Waals surface area contributed by atoms with Gasteiger partial charge < -0.3 is 6.53 Å². The van der Waals surface area contributed by atoms with Crippen LogP contribution in [0.1, 0.15) is 1.43 Å². The zero-order valence-electron chi connectivity index (χ0n) is 4.05. The van der Waals surface area contributed by atoms with Crippen LogP contribution in [0.2, 0.25) is 0 Å². The molecule has 0 saturated carbocycles. The Labute approximate surface area is 102 Å². The average molecular weight is 203 g/mol. The molecule has 0 saturated heterocycles.